The topological polar surface area (TPSA) is 76.6 Å². The summed E-state index contributed by atoms with van der Waals surface area (Å²) >= 11 is 0. The van der Waals surface area contributed by atoms with E-state index in [1.807, 2.05) is 32.3 Å². The van der Waals surface area contributed by atoms with Crippen molar-refractivity contribution in [2.45, 2.75) is 0 Å². The van der Waals surface area contributed by atoms with Crippen LogP contribution < -0.4 is 0 Å². The molecule has 0 saturated carbocycles. The highest BCUT2D eigenvalue weighted by Crippen LogP contribution is 2.29. The normalized spacial score (nSPS) is 11.5. The standard InChI is InChI=1S/C21H18N2O4/c1-22(2)14-13-18(24)21-16-8-4-6-10-19(16)27-20(21)12-11-15-7-3-5-9-17(15)23(25)26/h3-14H,1-2H3/b12-11+,14-13+. The van der Waals surface area contributed by atoms with E-state index in [-0.39, 0.29) is 11.5 Å². The van der Waals surface area contributed by atoms with Crippen molar-refractivity contribution in [3.63, 3.8) is 0 Å². The van der Waals surface area contributed by atoms with Gasteiger partial charge in [0.15, 0.2) is 5.78 Å². The minimum Gasteiger partial charge on any atom is -0.456 e. The van der Waals surface area contributed by atoms with Crippen LogP contribution in [0.25, 0.3) is 23.1 Å². The fourth-order valence-electron chi connectivity index (χ4n) is 2.70. The zero-order valence-electron chi connectivity index (χ0n) is 15.0. The minimum absolute atomic E-state index is 0.00904. The van der Waals surface area contributed by atoms with Crippen LogP contribution in [0.4, 0.5) is 5.69 Å². The van der Waals surface area contributed by atoms with Gasteiger partial charge in [0.2, 0.25) is 0 Å². The molecule has 0 bridgehead atoms. The van der Waals surface area contributed by atoms with Gasteiger partial charge in [-0.1, -0.05) is 30.3 Å². The SMILES string of the molecule is CN(C)/C=C/C(=O)c1c(/C=C/c2ccccc2[N+](=O)[O-])oc2ccccc12. The lowest BCUT2D eigenvalue weighted by atomic mass is 10.0. The maximum Gasteiger partial charge on any atom is 0.276 e. The van der Waals surface area contributed by atoms with Crippen molar-refractivity contribution in [3.05, 3.63) is 87.8 Å². The number of benzene rings is 2. The molecule has 136 valence electrons. The summed E-state index contributed by atoms with van der Waals surface area (Å²) in [6.45, 7) is 0. The van der Waals surface area contributed by atoms with Crippen LogP contribution in [0.5, 0.6) is 0 Å². The van der Waals surface area contributed by atoms with E-state index < -0.39 is 4.92 Å². The highest BCUT2D eigenvalue weighted by atomic mass is 16.6. The van der Waals surface area contributed by atoms with Gasteiger partial charge in [0, 0.05) is 37.8 Å². The summed E-state index contributed by atoms with van der Waals surface area (Å²) in [5, 5.41) is 11.9. The molecule has 0 fully saturated rings. The van der Waals surface area contributed by atoms with Gasteiger partial charge in [0.05, 0.1) is 16.1 Å². The molecule has 1 heterocycles. The molecule has 0 amide bonds. The maximum absolute atomic E-state index is 12.7. The predicted molar refractivity (Wildman–Crippen MR) is 105 cm³/mol. The zero-order valence-corrected chi connectivity index (χ0v) is 15.0. The number of rotatable bonds is 6. The van der Waals surface area contributed by atoms with Crippen molar-refractivity contribution >= 4 is 34.6 Å². The molecule has 0 unspecified atom stereocenters. The molecule has 0 atom stereocenters. The number of nitro groups is 1. The number of nitrogens with zero attached hydrogens (tertiary/aromatic N) is 2. The number of allylic oxidation sites excluding steroid dienone is 1. The summed E-state index contributed by atoms with van der Waals surface area (Å²) in [5.41, 5.74) is 1.44. The molecule has 0 saturated heterocycles. The first kappa shape index (κ1) is 18.1. The molecule has 0 N–H and O–H groups in total. The Morgan fingerprint density at radius 3 is 2.52 bits per heavy atom. The lowest BCUT2D eigenvalue weighted by Crippen LogP contribution is -2.03. The molecular weight excluding hydrogens is 344 g/mol. The lowest BCUT2D eigenvalue weighted by Gasteiger charge is -2.02. The first-order valence-electron chi connectivity index (χ1n) is 8.29. The Balaban J connectivity index is 2.08. The third-order valence-corrected chi connectivity index (χ3v) is 3.94. The second-order valence-corrected chi connectivity index (χ2v) is 6.13. The number of hydrogen-bond donors (Lipinski definition) is 0. The fraction of sp³-hybridized carbons (Fsp3) is 0.0952. The van der Waals surface area contributed by atoms with Gasteiger partial charge < -0.3 is 9.32 Å². The van der Waals surface area contributed by atoms with Crippen molar-refractivity contribution in [2.75, 3.05) is 14.1 Å². The van der Waals surface area contributed by atoms with Crippen LogP contribution >= 0.6 is 0 Å². The van der Waals surface area contributed by atoms with E-state index in [1.165, 1.54) is 12.1 Å². The van der Waals surface area contributed by atoms with Crippen LogP contribution in [0, 0.1) is 10.1 Å². The Morgan fingerprint density at radius 2 is 1.78 bits per heavy atom. The number of nitro benzene ring substituents is 1. The van der Waals surface area contributed by atoms with E-state index in [4.69, 9.17) is 4.42 Å². The van der Waals surface area contributed by atoms with E-state index >= 15 is 0 Å². The van der Waals surface area contributed by atoms with Crippen molar-refractivity contribution in [1.82, 2.24) is 4.90 Å². The van der Waals surface area contributed by atoms with Crippen molar-refractivity contribution in [1.29, 1.82) is 0 Å². The number of carbonyl (C=O) groups is 1. The van der Waals surface area contributed by atoms with Crippen molar-refractivity contribution < 1.29 is 14.1 Å². The van der Waals surface area contributed by atoms with Gasteiger partial charge in [-0.25, -0.2) is 0 Å². The predicted octanol–water partition coefficient (Wildman–Crippen LogP) is 4.77. The summed E-state index contributed by atoms with van der Waals surface area (Å²) in [4.78, 5) is 25.2. The molecule has 0 aliphatic rings. The zero-order chi connectivity index (χ0) is 19.4. The second-order valence-electron chi connectivity index (χ2n) is 6.13. The average Bonchev–Trinajstić information content (AvgIpc) is 3.03. The third-order valence-electron chi connectivity index (χ3n) is 3.94. The summed E-state index contributed by atoms with van der Waals surface area (Å²) in [5.74, 6) is 0.165. The van der Waals surface area contributed by atoms with E-state index in [9.17, 15) is 14.9 Å². The van der Waals surface area contributed by atoms with Gasteiger partial charge in [-0.15, -0.1) is 0 Å². The maximum atomic E-state index is 12.7. The number of hydrogen-bond acceptors (Lipinski definition) is 5. The Labute approximate surface area is 156 Å². The third kappa shape index (κ3) is 3.95. The van der Waals surface area contributed by atoms with Crippen LogP contribution in [-0.2, 0) is 0 Å². The first-order chi connectivity index (χ1) is 13.0. The largest absolute Gasteiger partial charge is 0.456 e. The molecule has 0 aliphatic carbocycles. The minimum atomic E-state index is -0.440. The Kier molecular flexibility index (Phi) is 5.17. The summed E-state index contributed by atoms with van der Waals surface area (Å²) in [7, 11) is 3.65. The van der Waals surface area contributed by atoms with Crippen LogP contribution in [0.2, 0.25) is 0 Å². The summed E-state index contributed by atoms with van der Waals surface area (Å²) in [6.07, 6.45) is 6.32. The van der Waals surface area contributed by atoms with Crippen LogP contribution in [0.3, 0.4) is 0 Å². The molecule has 3 rings (SSSR count). The number of furan rings is 1. The van der Waals surface area contributed by atoms with Crippen molar-refractivity contribution in [3.8, 4) is 0 Å². The Morgan fingerprint density at radius 1 is 1.07 bits per heavy atom. The fourth-order valence-corrected chi connectivity index (χ4v) is 2.70. The molecule has 0 aliphatic heterocycles. The molecule has 1 aromatic heterocycles. The van der Waals surface area contributed by atoms with Gasteiger partial charge in [-0.3, -0.25) is 14.9 Å². The lowest BCUT2D eigenvalue weighted by molar-refractivity contribution is -0.385. The average molecular weight is 362 g/mol. The molecule has 3 aromatic rings. The monoisotopic (exact) mass is 362 g/mol. The van der Waals surface area contributed by atoms with E-state index in [0.717, 1.165) is 0 Å². The Bertz CT molecular complexity index is 1060. The van der Waals surface area contributed by atoms with Gasteiger partial charge in [0.25, 0.3) is 5.69 Å². The van der Waals surface area contributed by atoms with Gasteiger partial charge >= 0.3 is 0 Å². The number of para-hydroxylation sites is 2. The molecule has 2 aromatic carbocycles. The number of carbonyl (C=O) groups excluding carboxylic acids is 1. The van der Waals surface area contributed by atoms with E-state index in [1.54, 1.807) is 47.5 Å². The molecule has 6 nitrogen and oxygen atoms in total. The van der Waals surface area contributed by atoms with Gasteiger partial charge in [-0.2, -0.15) is 0 Å². The number of ketones is 1. The van der Waals surface area contributed by atoms with Gasteiger partial charge in [0.1, 0.15) is 11.3 Å². The molecule has 27 heavy (non-hydrogen) atoms. The van der Waals surface area contributed by atoms with E-state index in [2.05, 4.69) is 0 Å². The highest BCUT2D eigenvalue weighted by molar-refractivity contribution is 6.15. The quantitative estimate of drug-likeness (QED) is 0.273. The molecule has 6 heteroatoms. The molecule has 0 radical (unpaired) electrons. The summed E-state index contributed by atoms with van der Waals surface area (Å²) < 4.78 is 5.82. The second kappa shape index (κ2) is 7.70. The van der Waals surface area contributed by atoms with Crippen LogP contribution in [0.15, 0.2) is 65.2 Å². The van der Waals surface area contributed by atoms with Crippen molar-refractivity contribution in [2.24, 2.45) is 0 Å². The highest BCUT2D eigenvalue weighted by Gasteiger charge is 2.18. The molecular formula is C21H18N2O4. The first-order valence-corrected chi connectivity index (χ1v) is 8.29. The smallest absolute Gasteiger partial charge is 0.276 e. The van der Waals surface area contributed by atoms with Crippen LogP contribution in [0.1, 0.15) is 21.7 Å². The Hall–Kier alpha value is -3.67. The van der Waals surface area contributed by atoms with E-state index in [0.29, 0.717) is 27.9 Å². The van der Waals surface area contributed by atoms with Gasteiger partial charge in [-0.05, 0) is 24.3 Å². The number of fused-ring (bicyclic) bond motifs is 1. The van der Waals surface area contributed by atoms with Crippen LogP contribution in [-0.4, -0.2) is 29.7 Å². The molecule has 0 spiro atoms. The summed E-state index contributed by atoms with van der Waals surface area (Å²) in [6, 6.07) is 13.7.